The summed E-state index contributed by atoms with van der Waals surface area (Å²) in [5.74, 6) is 0.578. The summed E-state index contributed by atoms with van der Waals surface area (Å²) in [6.45, 7) is 2.58. The Morgan fingerprint density at radius 3 is 2.65 bits per heavy atom. The highest BCUT2D eigenvalue weighted by Gasteiger charge is 2.40. The van der Waals surface area contributed by atoms with Gasteiger partial charge in [0.25, 0.3) is 0 Å². The average Bonchev–Trinajstić information content (AvgIpc) is 2.78. The zero-order valence-electron chi connectivity index (χ0n) is 11.6. The minimum atomic E-state index is -3.33. The minimum absolute atomic E-state index is 0.237. The molecule has 0 N–H and O–H groups in total. The van der Waals surface area contributed by atoms with Gasteiger partial charge in [-0.25, -0.2) is 8.42 Å². The largest absolute Gasteiger partial charge is 0.244 e. The average molecular weight is 378 g/mol. The highest BCUT2D eigenvalue weighted by molar-refractivity contribution is 9.11. The van der Waals surface area contributed by atoms with Crippen molar-refractivity contribution >= 4 is 37.3 Å². The van der Waals surface area contributed by atoms with E-state index in [1.54, 1.807) is 6.07 Å². The fraction of sp³-hybridized carbons (Fsp3) is 0.714. The number of sulfonamides is 1. The van der Waals surface area contributed by atoms with E-state index in [1.807, 2.05) is 11.2 Å². The standard InChI is InChI=1S/C14H20BrNO2S2/c1-10-13(9-14(15)19-10)20(17,18)16-8-4-6-11-5-2-3-7-12(11)16/h9,11-12H,2-8H2,1H3/t11-,12-/m1/s1. The van der Waals surface area contributed by atoms with Gasteiger partial charge < -0.3 is 0 Å². The van der Waals surface area contributed by atoms with Gasteiger partial charge in [0.2, 0.25) is 10.0 Å². The summed E-state index contributed by atoms with van der Waals surface area (Å²) in [7, 11) is -3.33. The molecule has 2 heterocycles. The summed E-state index contributed by atoms with van der Waals surface area (Å²) in [6.07, 6.45) is 6.86. The molecule has 1 saturated heterocycles. The number of nitrogens with zero attached hydrogens (tertiary/aromatic N) is 1. The Morgan fingerprint density at radius 1 is 1.25 bits per heavy atom. The van der Waals surface area contributed by atoms with Crippen LogP contribution in [0.5, 0.6) is 0 Å². The topological polar surface area (TPSA) is 37.4 Å². The van der Waals surface area contributed by atoms with Crippen LogP contribution < -0.4 is 0 Å². The van der Waals surface area contributed by atoms with Crippen molar-refractivity contribution < 1.29 is 8.42 Å². The van der Waals surface area contributed by atoms with E-state index < -0.39 is 10.0 Å². The van der Waals surface area contributed by atoms with Gasteiger partial charge in [-0.15, -0.1) is 11.3 Å². The zero-order valence-corrected chi connectivity index (χ0v) is 14.9. The van der Waals surface area contributed by atoms with E-state index in [0.717, 1.165) is 21.5 Å². The minimum Gasteiger partial charge on any atom is -0.207 e. The maximum absolute atomic E-state index is 13.0. The lowest BCUT2D eigenvalue weighted by atomic mass is 9.79. The number of hydrogen-bond donors (Lipinski definition) is 0. The van der Waals surface area contributed by atoms with Gasteiger partial charge in [0.1, 0.15) is 0 Å². The summed E-state index contributed by atoms with van der Waals surface area (Å²) in [5, 5.41) is 0. The van der Waals surface area contributed by atoms with Crippen LogP contribution in [0.1, 0.15) is 43.4 Å². The first-order valence-corrected chi connectivity index (χ1v) is 10.3. The van der Waals surface area contributed by atoms with E-state index in [0.29, 0.717) is 17.4 Å². The first kappa shape index (κ1) is 15.0. The van der Waals surface area contributed by atoms with Crippen molar-refractivity contribution in [3.63, 3.8) is 0 Å². The van der Waals surface area contributed by atoms with Gasteiger partial charge in [-0.1, -0.05) is 12.8 Å². The van der Waals surface area contributed by atoms with E-state index >= 15 is 0 Å². The summed E-state index contributed by atoms with van der Waals surface area (Å²) < 4.78 is 28.7. The van der Waals surface area contributed by atoms with Crippen molar-refractivity contribution in [3.8, 4) is 0 Å². The Labute approximate surface area is 133 Å². The third kappa shape index (κ3) is 2.60. The lowest BCUT2D eigenvalue weighted by Gasteiger charge is -2.43. The van der Waals surface area contributed by atoms with Crippen molar-refractivity contribution in [2.45, 2.75) is 56.4 Å². The summed E-state index contributed by atoms with van der Waals surface area (Å²) in [4.78, 5) is 1.38. The maximum atomic E-state index is 13.0. The quantitative estimate of drug-likeness (QED) is 0.775. The Balaban J connectivity index is 1.95. The molecule has 1 saturated carbocycles. The molecule has 2 atom stereocenters. The SMILES string of the molecule is Cc1sc(Br)cc1S(=O)(=O)N1CCC[C@H]2CCCC[C@H]21. The molecule has 2 aliphatic rings. The van der Waals surface area contributed by atoms with Gasteiger partial charge in [0.05, 0.1) is 8.68 Å². The first-order chi connectivity index (χ1) is 9.50. The van der Waals surface area contributed by atoms with Crippen molar-refractivity contribution in [3.05, 3.63) is 14.7 Å². The van der Waals surface area contributed by atoms with Crippen LogP contribution in [-0.2, 0) is 10.0 Å². The Morgan fingerprint density at radius 2 is 1.95 bits per heavy atom. The van der Waals surface area contributed by atoms with Crippen LogP contribution in [0.2, 0.25) is 0 Å². The number of rotatable bonds is 2. The molecule has 112 valence electrons. The normalized spacial score (nSPS) is 28.3. The van der Waals surface area contributed by atoms with Gasteiger partial charge in [-0.2, -0.15) is 4.31 Å². The molecule has 3 rings (SSSR count). The lowest BCUT2D eigenvalue weighted by Crippen LogP contribution is -2.49. The van der Waals surface area contributed by atoms with Gasteiger partial charge in [0.15, 0.2) is 0 Å². The van der Waals surface area contributed by atoms with Crippen molar-refractivity contribution in [1.29, 1.82) is 0 Å². The Kier molecular flexibility index (Phi) is 4.28. The molecule has 0 aromatic carbocycles. The third-order valence-corrected chi connectivity index (χ3v) is 8.35. The number of halogens is 1. The Bertz CT molecular complexity index is 594. The molecule has 3 nitrogen and oxygen atoms in total. The summed E-state index contributed by atoms with van der Waals surface area (Å²) >= 11 is 4.90. The predicted octanol–water partition coefficient (Wildman–Crippen LogP) is 4.16. The number of aryl methyl sites for hydroxylation is 1. The van der Waals surface area contributed by atoms with Gasteiger partial charge >= 0.3 is 0 Å². The fourth-order valence-corrected chi connectivity index (χ4v) is 7.83. The number of thiophene rings is 1. The predicted molar refractivity (Wildman–Crippen MR) is 85.6 cm³/mol. The van der Waals surface area contributed by atoms with Crippen molar-refractivity contribution in [2.75, 3.05) is 6.54 Å². The second kappa shape index (κ2) is 5.71. The molecule has 0 radical (unpaired) electrons. The monoisotopic (exact) mass is 377 g/mol. The summed E-state index contributed by atoms with van der Waals surface area (Å²) in [5.41, 5.74) is 0. The van der Waals surface area contributed by atoms with Crippen molar-refractivity contribution in [1.82, 2.24) is 4.31 Å². The van der Waals surface area contributed by atoms with Crippen LogP contribution in [0.3, 0.4) is 0 Å². The molecule has 1 aliphatic carbocycles. The molecule has 1 aromatic heterocycles. The van der Waals surface area contributed by atoms with Crippen molar-refractivity contribution in [2.24, 2.45) is 5.92 Å². The Hall–Kier alpha value is 0.0900. The molecule has 6 heteroatoms. The molecule has 0 unspecified atom stereocenters. The van der Waals surface area contributed by atoms with Crippen LogP contribution in [-0.4, -0.2) is 25.3 Å². The molecule has 1 aliphatic heterocycles. The third-order valence-electron chi connectivity index (χ3n) is 4.62. The highest BCUT2D eigenvalue weighted by Crippen LogP contribution is 2.40. The fourth-order valence-electron chi connectivity index (χ4n) is 3.69. The van der Waals surface area contributed by atoms with E-state index in [-0.39, 0.29) is 6.04 Å². The van der Waals surface area contributed by atoms with E-state index in [4.69, 9.17) is 0 Å². The molecule has 1 aromatic rings. The molecule has 0 amide bonds. The highest BCUT2D eigenvalue weighted by atomic mass is 79.9. The molecular formula is C14H20BrNO2S2. The molecule has 0 spiro atoms. The second-order valence-corrected chi connectivity index (χ2v) is 10.3. The number of fused-ring (bicyclic) bond motifs is 1. The molecular weight excluding hydrogens is 358 g/mol. The van der Waals surface area contributed by atoms with Gasteiger partial charge in [-0.3, -0.25) is 0 Å². The smallest absolute Gasteiger partial charge is 0.207 e. The van der Waals surface area contributed by atoms with E-state index in [1.165, 1.54) is 37.0 Å². The van der Waals surface area contributed by atoms with Crippen LogP contribution in [0.4, 0.5) is 0 Å². The molecule has 20 heavy (non-hydrogen) atoms. The van der Waals surface area contributed by atoms with Crippen LogP contribution in [0, 0.1) is 12.8 Å². The second-order valence-electron chi connectivity index (χ2n) is 5.84. The van der Waals surface area contributed by atoms with Crippen LogP contribution in [0.25, 0.3) is 0 Å². The van der Waals surface area contributed by atoms with Gasteiger partial charge in [0, 0.05) is 17.5 Å². The van der Waals surface area contributed by atoms with E-state index in [9.17, 15) is 8.42 Å². The first-order valence-electron chi connectivity index (χ1n) is 7.28. The lowest BCUT2D eigenvalue weighted by molar-refractivity contribution is 0.129. The van der Waals surface area contributed by atoms with Crippen LogP contribution in [0.15, 0.2) is 14.7 Å². The zero-order chi connectivity index (χ0) is 14.3. The number of piperidine rings is 1. The van der Waals surface area contributed by atoms with Gasteiger partial charge in [-0.05, 0) is 60.5 Å². The van der Waals surface area contributed by atoms with E-state index in [2.05, 4.69) is 15.9 Å². The molecule has 0 bridgehead atoms. The number of hydrogen-bond acceptors (Lipinski definition) is 3. The molecule has 2 fully saturated rings. The van der Waals surface area contributed by atoms with Crippen LogP contribution >= 0.6 is 27.3 Å². The maximum Gasteiger partial charge on any atom is 0.244 e. The summed E-state index contributed by atoms with van der Waals surface area (Å²) in [6, 6.07) is 2.00.